The third-order valence-corrected chi connectivity index (χ3v) is 3.72. The number of thioether (sulfide) groups is 1. The average Bonchev–Trinajstić information content (AvgIpc) is 2.42. The number of carbonyl (C=O) groups is 2. The molecule has 0 fully saturated rings. The van der Waals surface area contributed by atoms with Crippen molar-refractivity contribution in [1.82, 2.24) is 10.6 Å². The molecule has 0 aromatic heterocycles. The van der Waals surface area contributed by atoms with Crippen molar-refractivity contribution >= 4 is 23.6 Å². The standard InChI is InChI=1S/C13H26N2O4S/c1-4-20-8-5-10(17)14-6-7-15-12(19)11(18)13(2,3)9-16/h11,16,18H,4-9H2,1-3H3,(H,14,17)(H,15,19)/t11-/m0/s1. The molecule has 6 nitrogen and oxygen atoms in total. The van der Waals surface area contributed by atoms with Crippen LogP contribution in [-0.4, -0.2) is 59.3 Å². The maximum atomic E-state index is 11.6. The molecule has 0 aliphatic carbocycles. The quantitative estimate of drug-likeness (QED) is 0.417. The van der Waals surface area contributed by atoms with E-state index in [0.29, 0.717) is 13.0 Å². The van der Waals surface area contributed by atoms with Crippen molar-refractivity contribution in [3.8, 4) is 0 Å². The van der Waals surface area contributed by atoms with E-state index in [2.05, 4.69) is 10.6 Å². The normalized spacial score (nSPS) is 12.8. The molecule has 0 bridgehead atoms. The van der Waals surface area contributed by atoms with Gasteiger partial charge in [-0.2, -0.15) is 11.8 Å². The van der Waals surface area contributed by atoms with Crippen LogP contribution in [0.1, 0.15) is 27.2 Å². The molecule has 0 radical (unpaired) electrons. The Kier molecular flexibility index (Phi) is 9.62. The van der Waals surface area contributed by atoms with Crippen LogP contribution in [0.25, 0.3) is 0 Å². The van der Waals surface area contributed by atoms with Gasteiger partial charge in [-0.05, 0) is 5.75 Å². The first kappa shape index (κ1) is 19.2. The molecule has 7 heteroatoms. The molecule has 118 valence electrons. The van der Waals surface area contributed by atoms with E-state index in [0.717, 1.165) is 11.5 Å². The van der Waals surface area contributed by atoms with Crippen LogP contribution in [0.2, 0.25) is 0 Å². The summed E-state index contributed by atoms with van der Waals surface area (Å²) in [6.45, 7) is 5.54. The van der Waals surface area contributed by atoms with Gasteiger partial charge in [0.05, 0.1) is 6.61 Å². The Labute approximate surface area is 124 Å². The second-order valence-corrected chi connectivity index (χ2v) is 6.53. The van der Waals surface area contributed by atoms with E-state index in [-0.39, 0.29) is 19.1 Å². The van der Waals surface area contributed by atoms with Gasteiger partial charge in [-0.15, -0.1) is 0 Å². The topological polar surface area (TPSA) is 98.7 Å². The number of aliphatic hydroxyl groups is 2. The molecule has 0 saturated carbocycles. The lowest BCUT2D eigenvalue weighted by molar-refractivity contribution is -0.137. The van der Waals surface area contributed by atoms with Gasteiger partial charge in [0.2, 0.25) is 11.8 Å². The summed E-state index contributed by atoms with van der Waals surface area (Å²) < 4.78 is 0. The number of amides is 2. The van der Waals surface area contributed by atoms with Gasteiger partial charge >= 0.3 is 0 Å². The van der Waals surface area contributed by atoms with Crippen molar-refractivity contribution in [2.24, 2.45) is 5.41 Å². The van der Waals surface area contributed by atoms with Gasteiger partial charge in [0, 0.05) is 30.7 Å². The number of carbonyl (C=O) groups excluding carboxylic acids is 2. The van der Waals surface area contributed by atoms with E-state index in [1.54, 1.807) is 25.6 Å². The third-order valence-electron chi connectivity index (χ3n) is 2.82. The van der Waals surface area contributed by atoms with Gasteiger partial charge in [0.25, 0.3) is 0 Å². The molecule has 0 aromatic carbocycles. The molecular formula is C13H26N2O4S. The third kappa shape index (κ3) is 7.72. The highest BCUT2D eigenvalue weighted by atomic mass is 32.2. The van der Waals surface area contributed by atoms with Gasteiger partial charge in [-0.25, -0.2) is 0 Å². The van der Waals surface area contributed by atoms with Crippen LogP contribution >= 0.6 is 11.8 Å². The average molecular weight is 306 g/mol. The van der Waals surface area contributed by atoms with Crippen LogP contribution in [0, 0.1) is 5.41 Å². The number of rotatable bonds is 10. The van der Waals surface area contributed by atoms with E-state index >= 15 is 0 Å². The Morgan fingerprint density at radius 2 is 1.85 bits per heavy atom. The van der Waals surface area contributed by atoms with Crippen LogP contribution in [-0.2, 0) is 9.59 Å². The predicted molar refractivity (Wildman–Crippen MR) is 80.5 cm³/mol. The summed E-state index contributed by atoms with van der Waals surface area (Å²) in [5.74, 6) is 1.19. The van der Waals surface area contributed by atoms with Gasteiger partial charge in [-0.1, -0.05) is 20.8 Å². The molecule has 0 aliphatic rings. The number of hydrogen-bond donors (Lipinski definition) is 4. The largest absolute Gasteiger partial charge is 0.396 e. The second-order valence-electron chi connectivity index (χ2n) is 5.14. The van der Waals surface area contributed by atoms with E-state index in [1.165, 1.54) is 0 Å². The van der Waals surface area contributed by atoms with E-state index in [9.17, 15) is 14.7 Å². The molecular weight excluding hydrogens is 280 g/mol. The zero-order valence-corrected chi connectivity index (χ0v) is 13.3. The smallest absolute Gasteiger partial charge is 0.249 e. The molecule has 2 amide bonds. The minimum Gasteiger partial charge on any atom is -0.396 e. The number of nitrogens with one attached hydrogen (secondary N) is 2. The van der Waals surface area contributed by atoms with E-state index in [1.807, 2.05) is 6.92 Å². The summed E-state index contributed by atoms with van der Waals surface area (Å²) >= 11 is 1.70. The highest BCUT2D eigenvalue weighted by Gasteiger charge is 2.32. The summed E-state index contributed by atoms with van der Waals surface area (Å²) in [6.07, 6.45) is -0.809. The Morgan fingerprint density at radius 1 is 1.25 bits per heavy atom. The minimum atomic E-state index is -1.27. The molecule has 1 atom stereocenters. The predicted octanol–water partition coefficient (Wildman–Crippen LogP) is -0.259. The zero-order chi connectivity index (χ0) is 15.6. The first-order chi connectivity index (χ1) is 9.35. The lowest BCUT2D eigenvalue weighted by Gasteiger charge is -2.27. The molecule has 0 aliphatic heterocycles. The van der Waals surface area contributed by atoms with Crippen molar-refractivity contribution in [2.45, 2.75) is 33.3 Å². The fraction of sp³-hybridized carbons (Fsp3) is 0.846. The second kappa shape index (κ2) is 10.0. The molecule has 0 spiro atoms. The Bertz CT molecular complexity index is 311. The van der Waals surface area contributed by atoms with Crippen LogP contribution in [0.4, 0.5) is 0 Å². The van der Waals surface area contributed by atoms with Gasteiger partial charge in [0.15, 0.2) is 0 Å². The SMILES string of the molecule is CCSCCC(=O)NCCNC(=O)[C@H](O)C(C)(C)CO. The van der Waals surface area contributed by atoms with Crippen molar-refractivity contribution in [1.29, 1.82) is 0 Å². The van der Waals surface area contributed by atoms with Crippen LogP contribution < -0.4 is 10.6 Å². The van der Waals surface area contributed by atoms with Crippen LogP contribution in [0.15, 0.2) is 0 Å². The molecule has 20 heavy (non-hydrogen) atoms. The number of aliphatic hydroxyl groups excluding tert-OH is 2. The summed E-state index contributed by atoms with van der Waals surface area (Å²) in [5.41, 5.74) is -0.884. The van der Waals surface area contributed by atoms with Gasteiger partial charge in [-0.3, -0.25) is 9.59 Å². The summed E-state index contributed by atoms with van der Waals surface area (Å²) in [5, 5.41) is 24.0. The first-order valence-corrected chi connectivity index (χ1v) is 7.91. The first-order valence-electron chi connectivity index (χ1n) is 6.76. The molecule has 0 heterocycles. The Morgan fingerprint density at radius 3 is 2.40 bits per heavy atom. The van der Waals surface area contributed by atoms with Crippen LogP contribution in [0.5, 0.6) is 0 Å². The number of hydrogen-bond acceptors (Lipinski definition) is 5. The van der Waals surface area contributed by atoms with E-state index < -0.39 is 17.4 Å². The van der Waals surface area contributed by atoms with Crippen molar-refractivity contribution < 1.29 is 19.8 Å². The molecule has 0 unspecified atom stereocenters. The fourth-order valence-electron chi connectivity index (χ4n) is 1.32. The molecule has 0 aromatic rings. The fourth-order valence-corrected chi connectivity index (χ4v) is 1.94. The monoisotopic (exact) mass is 306 g/mol. The molecule has 0 rings (SSSR count). The van der Waals surface area contributed by atoms with Crippen molar-refractivity contribution in [3.63, 3.8) is 0 Å². The highest BCUT2D eigenvalue weighted by Crippen LogP contribution is 2.19. The molecule has 4 N–H and O–H groups in total. The summed E-state index contributed by atoms with van der Waals surface area (Å²) in [4.78, 5) is 23.0. The van der Waals surface area contributed by atoms with E-state index in [4.69, 9.17) is 5.11 Å². The Balaban J connectivity index is 3.79. The highest BCUT2D eigenvalue weighted by molar-refractivity contribution is 7.99. The van der Waals surface area contributed by atoms with Gasteiger partial charge < -0.3 is 20.8 Å². The minimum absolute atomic E-state index is 0.0450. The van der Waals surface area contributed by atoms with Crippen LogP contribution in [0.3, 0.4) is 0 Å². The molecule has 0 saturated heterocycles. The van der Waals surface area contributed by atoms with Crippen molar-refractivity contribution in [2.75, 3.05) is 31.2 Å². The Hall–Kier alpha value is -0.790. The maximum Gasteiger partial charge on any atom is 0.249 e. The van der Waals surface area contributed by atoms with Gasteiger partial charge in [0.1, 0.15) is 6.10 Å². The lowest BCUT2D eigenvalue weighted by Crippen LogP contribution is -2.47. The maximum absolute atomic E-state index is 11.6. The summed E-state index contributed by atoms with van der Waals surface area (Å²) in [7, 11) is 0. The zero-order valence-electron chi connectivity index (χ0n) is 12.4. The van der Waals surface area contributed by atoms with Crippen molar-refractivity contribution in [3.05, 3.63) is 0 Å². The summed E-state index contributed by atoms with van der Waals surface area (Å²) in [6, 6.07) is 0. The lowest BCUT2D eigenvalue weighted by atomic mass is 9.87.